The van der Waals surface area contributed by atoms with Crippen LogP contribution in [-0.2, 0) is 4.74 Å². The Morgan fingerprint density at radius 3 is 2.44 bits per heavy atom. The fourth-order valence-corrected chi connectivity index (χ4v) is 8.49. The van der Waals surface area contributed by atoms with Crippen LogP contribution < -0.4 is 0 Å². The Balaban J connectivity index is 1.48. The van der Waals surface area contributed by atoms with Crippen molar-refractivity contribution in [1.82, 2.24) is 0 Å². The zero-order valence-corrected chi connectivity index (χ0v) is 18.6. The Kier molecular flexibility index (Phi) is 5.25. The van der Waals surface area contributed by atoms with Crippen molar-refractivity contribution in [3.05, 3.63) is 0 Å². The molecule has 1 heterocycles. The molecule has 0 spiro atoms. The molecule has 0 bridgehead atoms. The summed E-state index contributed by atoms with van der Waals surface area (Å²) in [6, 6.07) is 0. The standard InChI is InChI=1S/C25H44O2/c1-17(2)7-6-8-18(3)20-9-10-21-19-11-14-25(26)24(5,15-16-27-25)22(19)12-13-23(20,21)4/h17-22,26H,6-16H2,1-5H3/t18-,19+,20-,21+,22+,23-,24-,25?/m1/s1. The molecule has 4 aliphatic rings. The molecule has 1 unspecified atom stereocenters. The summed E-state index contributed by atoms with van der Waals surface area (Å²) in [5.74, 6) is 4.19. The summed E-state index contributed by atoms with van der Waals surface area (Å²) in [6.07, 6.45) is 12.9. The number of hydrogen-bond donors (Lipinski definition) is 1. The van der Waals surface area contributed by atoms with Gasteiger partial charge in [-0.25, -0.2) is 0 Å². The predicted octanol–water partition coefficient (Wildman–Crippen LogP) is 6.42. The second-order valence-corrected chi connectivity index (χ2v) is 11.7. The lowest BCUT2D eigenvalue weighted by Gasteiger charge is -2.59. The lowest BCUT2D eigenvalue weighted by molar-refractivity contribution is -0.274. The van der Waals surface area contributed by atoms with Gasteiger partial charge in [-0.2, -0.15) is 0 Å². The van der Waals surface area contributed by atoms with Crippen LogP contribution in [0.3, 0.4) is 0 Å². The quantitative estimate of drug-likeness (QED) is 0.600. The van der Waals surface area contributed by atoms with E-state index in [1.807, 2.05) is 0 Å². The minimum Gasteiger partial charge on any atom is -0.365 e. The van der Waals surface area contributed by atoms with Crippen molar-refractivity contribution in [2.45, 2.75) is 105 Å². The van der Waals surface area contributed by atoms with Crippen molar-refractivity contribution in [2.75, 3.05) is 6.61 Å². The van der Waals surface area contributed by atoms with Gasteiger partial charge in [-0.15, -0.1) is 0 Å². The highest BCUT2D eigenvalue weighted by Gasteiger charge is 2.65. The molecule has 4 rings (SSSR count). The highest BCUT2D eigenvalue weighted by atomic mass is 16.6. The smallest absolute Gasteiger partial charge is 0.171 e. The maximum Gasteiger partial charge on any atom is 0.171 e. The molecule has 8 atom stereocenters. The molecule has 1 aliphatic heterocycles. The van der Waals surface area contributed by atoms with Gasteiger partial charge < -0.3 is 9.84 Å². The van der Waals surface area contributed by atoms with Crippen LogP contribution in [0, 0.1) is 46.3 Å². The van der Waals surface area contributed by atoms with Crippen LogP contribution in [0.2, 0.25) is 0 Å². The topological polar surface area (TPSA) is 29.5 Å². The average molecular weight is 377 g/mol. The summed E-state index contributed by atoms with van der Waals surface area (Å²) in [4.78, 5) is 0. The van der Waals surface area contributed by atoms with E-state index in [4.69, 9.17) is 4.74 Å². The lowest BCUT2D eigenvalue weighted by Crippen LogP contribution is -2.58. The fraction of sp³-hybridized carbons (Fsp3) is 1.00. The van der Waals surface area contributed by atoms with Gasteiger partial charge in [0.1, 0.15) is 0 Å². The summed E-state index contributed by atoms with van der Waals surface area (Å²) in [5.41, 5.74) is 0.544. The van der Waals surface area contributed by atoms with Gasteiger partial charge in [0.05, 0.1) is 6.61 Å². The van der Waals surface area contributed by atoms with Gasteiger partial charge in [-0.3, -0.25) is 0 Å². The van der Waals surface area contributed by atoms with Crippen LogP contribution in [0.4, 0.5) is 0 Å². The third-order valence-corrected chi connectivity index (χ3v) is 10.1. The molecule has 0 aromatic heterocycles. The first-order chi connectivity index (χ1) is 12.7. The molecular formula is C25H44O2. The summed E-state index contributed by atoms with van der Waals surface area (Å²) in [7, 11) is 0. The van der Waals surface area contributed by atoms with Crippen LogP contribution in [0.1, 0.15) is 98.8 Å². The molecule has 156 valence electrons. The van der Waals surface area contributed by atoms with Crippen LogP contribution in [0.25, 0.3) is 0 Å². The van der Waals surface area contributed by atoms with Gasteiger partial charge >= 0.3 is 0 Å². The first kappa shape index (κ1) is 20.2. The second-order valence-electron chi connectivity index (χ2n) is 11.7. The summed E-state index contributed by atoms with van der Waals surface area (Å²) >= 11 is 0. The maximum absolute atomic E-state index is 11.2. The zero-order chi connectivity index (χ0) is 19.4. The third-order valence-electron chi connectivity index (χ3n) is 10.1. The number of ether oxygens (including phenoxy) is 1. The molecule has 27 heavy (non-hydrogen) atoms. The van der Waals surface area contributed by atoms with Gasteiger partial charge in [-0.1, -0.05) is 53.9 Å². The van der Waals surface area contributed by atoms with E-state index in [9.17, 15) is 5.11 Å². The van der Waals surface area contributed by atoms with Crippen molar-refractivity contribution >= 4 is 0 Å². The molecular weight excluding hydrogens is 332 g/mol. The van der Waals surface area contributed by atoms with E-state index in [0.717, 1.165) is 49.0 Å². The predicted molar refractivity (Wildman–Crippen MR) is 111 cm³/mol. The van der Waals surface area contributed by atoms with E-state index in [1.54, 1.807) is 0 Å². The Morgan fingerprint density at radius 1 is 0.926 bits per heavy atom. The normalized spacial score (nSPS) is 50.3. The molecule has 2 heteroatoms. The molecule has 2 nitrogen and oxygen atoms in total. The average Bonchev–Trinajstić information content (AvgIpc) is 3.11. The molecule has 3 aliphatic carbocycles. The van der Waals surface area contributed by atoms with Crippen molar-refractivity contribution in [2.24, 2.45) is 46.3 Å². The molecule has 4 fully saturated rings. The zero-order valence-electron chi connectivity index (χ0n) is 18.6. The van der Waals surface area contributed by atoms with Crippen molar-refractivity contribution in [3.8, 4) is 0 Å². The van der Waals surface area contributed by atoms with Crippen molar-refractivity contribution in [3.63, 3.8) is 0 Å². The van der Waals surface area contributed by atoms with E-state index in [1.165, 1.54) is 51.4 Å². The molecule has 0 aromatic carbocycles. The molecule has 0 radical (unpaired) electrons. The molecule has 1 N–H and O–H groups in total. The monoisotopic (exact) mass is 376 g/mol. The molecule has 3 saturated carbocycles. The summed E-state index contributed by atoms with van der Waals surface area (Å²) in [5, 5.41) is 11.2. The van der Waals surface area contributed by atoms with Crippen LogP contribution >= 0.6 is 0 Å². The lowest BCUT2D eigenvalue weighted by atomic mass is 9.47. The Hall–Kier alpha value is -0.0800. The molecule has 0 amide bonds. The van der Waals surface area contributed by atoms with Gasteiger partial charge in [0.2, 0.25) is 0 Å². The summed E-state index contributed by atoms with van der Waals surface area (Å²) in [6.45, 7) is 13.0. The minimum atomic E-state index is -0.829. The van der Waals surface area contributed by atoms with E-state index >= 15 is 0 Å². The SMILES string of the molecule is CC(C)CCC[C@@H](C)[C@H]1CC[C@H]2[C@@H]3CCC4(O)OCC[C@]4(C)[C@H]3CC[C@]12C. The number of hydrogen-bond acceptors (Lipinski definition) is 2. The summed E-state index contributed by atoms with van der Waals surface area (Å²) < 4.78 is 5.91. The van der Waals surface area contributed by atoms with Crippen LogP contribution in [0.15, 0.2) is 0 Å². The number of fused-ring (bicyclic) bond motifs is 5. The fourth-order valence-electron chi connectivity index (χ4n) is 8.49. The Morgan fingerprint density at radius 2 is 1.70 bits per heavy atom. The van der Waals surface area contributed by atoms with Crippen LogP contribution in [-0.4, -0.2) is 17.5 Å². The first-order valence-corrected chi connectivity index (χ1v) is 12.1. The van der Waals surface area contributed by atoms with Crippen molar-refractivity contribution in [1.29, 1.82) is 0 Å². The Labute approximate surface area is 167 Å². The molecule has 0 aromatic rings. The third kappa shape index (κ3) is 3.03. The van der Waals surface area contributed by atoms with Gasteiger partial charge in [-0.05, 0) is 79.4 Å². The minimum absolute atomic E-state index is 0.00177. The van der Waals surface area contributed by atoms with E-state index in [-0.39, 0.29) is 5.41 Å². The second kappa shape index (κ2) is 7.01. The van der Waals surface area contributed by atoms with E-state index in [0.29, 0.717) is 11.3 Å². The Bertz CT molecular complexity index is 544. The maximum atomic E-state index is 11.2. The largest absolute Gasteiger partial charge is 0.365 e. The highest BCUT2D eigenvalue weighted by molar-refractivity contribution is 5.11. The van der Waals surface area contributed by atoms with E-state index in [2.05, 4.69) is 34.6 Å². The van der Waals surface area contributed by atoms with Gasteiger partial charge in [0.25, 0.3) is 0 Å². The van der Waals surface area contributed by atoms with E-state index < -0.39 is 5.79 Å². The first-order valence-electron chi connectivity index (χ1n) is 12.1. The van der Waals surface area contributed by atoms with Gasteiger partial charge in [0.15, 0.2) is 5.79 Å². The van der Waals surface area contributed by atoms with Gasteiger partial charge in [0, 0.05) is 11.8 Å². The van der Waals surface area contributed by atoms with Crippen LogP contribution in [0.5, 0.6) is 0 Å². The number of rotatable bonds is 5. The molecule has 1 saturated heterocycles. The number of aliphatic hydroxyl groups is 1. The van der Waals surface area contributed by atoms with Crippen molar-refractivity contribution < 1.29 is 9.84 Å². The highest BCUT2D eigenvalue weighted by Crippen LogP contribution is 2.68.